The molecule has 0 aromatic carbocycles. The second-order valence-corrected chi connectivity index (χ2v) is 10.5. The Hall–Kier alpha value is -3.37. The maximum Gasteiger partial charge on any atom is 0.329 e. The highest BCUT2D eigenvalue weighted by atomic mass is 16.5. The van der Waals surface area contributed by atoms with Crippen molar-refractivity contribution in [2.24, 2.45) is 11.3 Å². The van der Waals surface area contributed by atoms with Crippen molar-refractivity contribution in [1.82, 2.24) is 25.5 Å². The fourth-order valence-corrected chi connectivity index (χ4v) is 4.81. The average Bonchev–Trinajstić information content (AvgIpc) is 3.26. The molecule has 0 unspecified atom stereocenters. The van der Waals surface area contributed by atoms with Crippen LogP contribution in [0.25, 0.3) is 0 Å². The van der Waals surface area contributed by atoms with Crippen LogP contribution in [0.3, 0.4) is 0 Å². The smallest absolute Gasteiger partial charge is 0.329 e. The molecule has 0 spiro atoms. The summed E-state index contributed by atoms with van der Waals surface area (Å²) < 4.78 is 4.78. The van der Waals surface area contributed by atoms with Crippen LogP contribution in [0.1, 0.15) is 69.8 Å². The van der Waals surface area contributed by atoms with Gasteiger partial charge in [-0.2, -0.15) is 0 Å². The number of hydrogen-bond acceptors (Lipinski definition) is 8. The molecule has 11 heteroatoms. The van der Waals surface area contributed by atoms with Crippen LogP contribution >= 0.6 is 0 Å². The highest BCUT2D eigenvalue weighted by Gasteiger charge is 2.46. The Morgan fingerprint density at radius 1 is 1.08 bits per heavy atom. The number of esters is 1. The van der Waals surface area contributed by atoms with E-state index in [1.165, 1.54) is 30.6 Å². The Balaban J connectivity index is 1.84. The first kappa shape index (κ1) is 27.2. The summed E-state index contributed by atoms with van der Waals surface area (Å²) in [7, 11) is 1.20. The molecule has 1 aromatic heterocycles. The predicted molar refractivity (Wildman–Crippen MR) is 128 cm³/mol. The molecule has 3 rings (SSSR count). The van der Waals surface area contributed by atoms with Crippen LogP contribution in [0.5, 0.6) is 0 Å². The monoisotopic (exact) mass is 501 g/mol. The standard InChI is InChI=1S/C25H35N5O6/c1-25(2,3)20(23(34)30-14-16(31)12-18(30)24(35)36-4)29-22(33)19(15-8-6-5-7-9-15)28-21(32)17-13-26-10-11-27-17/h10-11,13,15,18-20H,5-9,12,14H2,1-4H3,(H,28,32)(H,29,33)/t18-,19-,20+/m0/s1. The Morgan fingerprint density at radius 3 is 2.36 bits per heavy atom. The van der Waals surface area contributed by atoms with E-state index in [1.54, 1.807) is 20.8 Å². The van der Waals surface area contributed by atoms with E-state index in [2.05, 4.69) is 20.6 Å². The van der Waals surface area contributed by atoms with Crippen LogP contribution in [0.15, 0.2) is 18.6 Å². The molecule has 1 aliphatic carbocycles. The van der Waals surface area contributed by atoms with E-state index in [9.17, 15) is 24.0 Å². The number of rotatable bonds is 7. The minimum absolute atomic E-state index is 0.0889. The first-order valence-electron chi connectivity index (χ1n) is 12.3. The molecule has 0 bridgehead atoms. The third-order valence-corrected chi connectivity index (χ3v) is 6.79. The number of methoxy groups -OCH3 is 1. The minimum atomic E-state index is -1.04. The number of amides is 3. The summed E-state index contributed by atoms with van der Waals surface area (Å²) in [6.07, 6.45) is 8.51. The molecule has 3 atom stereocenters. The quantitative estimate of drug-likeness (QED) is 0.527. The van der Waals surface area contributed by atoms with E-state index in [-0.39, 0.29) is 30.4 Å². The topological polar surface area (TPSA) is 148 Å². The molecular formula is C25H35N5O6. The second-order valence-electron chi connectivity index (χ2n) is 10.5. The highest BCUT2D eigenvalue weighted by molar-refractivity contribution is 6.01. The number of nitrogens with zero attached hydrogens (tertiary/aromatic N) is 3. The number of ketones is 1. The molecule has 1 aliphatic heterocycles. The first-order valence-corrected chi connectivity index (χ1v) is 12.3. The van der Waals surface area contributed by atoms with Crippen LogP contribution in [0, 0.1) is 11.3 Å². The van der Waals surface area contributed by atoms with E-state index in [1.807, 2.05) is 0 Å². The first-order chi connectivity index (χ1) is 17.0. The third-order valence-electron chi connectivity index (χ3n) is 6.79. The third kappa shape index (κ3) is 6.44. The molecule has 196 valence electrons. The average molecular weight is 502 g/mol. The summed E-state index contributed by atoms with van der Waals surface area (Å²) in [6.45, 7) is 5.13. The fraction of sp³-hybridized carbons (Fsp3) is 0.640. The summed E-state index contributed by atoms with van der Waals surface area (Å²) in [5.74, 6) is -2.60. The van der Waals surface area contributed by atoms with E-state index in [0.717, 1.165) is 32.1 Å². The van der Waals surface area contributed by atoms with E-state index in [4.69, 9.17) is 4.74 Å². The second kappa shape index (κ2) is 11.6. The number of aromatic nitrogens is 2. The molecule has 1 saturated carbocycles. The van der Waals surface area contributed by atoms with Gasteiger partial charge in [0.1, 0.15) is 23.8 Å². The molecule has 0 radical (unpaired) electrons. The van der Waals surface area contributed by atoms with Gasteiger partial charge in [0, 0.05) is 18.8 Å². The summed E-state index contributed by atoms with van der Waals surface area (Å²) in [5, 5.41) is 5.64. The molecule has 1 aromatic rings. The Bertz CT molecular complexity index is 986. The van der Waals surface area contributed by atoms with Crippen molar-refractivity contribution in [2.45, 2.75) is 77.4 Å². The normalized spacial score (nSPS) is 20.4. The predicted octanol–water partition coefficient (Wildman–Crippen LogP) is 1.03. The zero-order valence-electron chi connectivity index (χ0n) is 21.3. The molecule has 2 heterocycles. The number of nitrogens with one attached hydrogen (secondary N) is 2. The van der Waals surface area contributed by atoms with Crippen LogP contribution in [0.4, 0.5) is 0 Å². The zero-order valence-corrected chi connectivity index (χ0v) is 21.3. The molecule has 2 fully saturated rings. The fourth-order valence-electron chi connectivity index (χ4n) is 4.81. The van der Waals surface area contributed by atoms with Gasteiger partial charge < -0.3 is 20.3 Å². The molecule has 2 aliphatic rings. The maximum atomic E-state index is 13.6. The number of Topliss-reactive ketones (excluding diaryl/α,β-unsaturated/α-hetero) is 1. The lowest BCUT2D eigenvalue weighted by molar-refractivity contribution is -0.153. The van der Waals surface area contributed by atoms with Crippen molar-refractivity contribution < 1.29 is 28.7 Å². The van der Waals surface area contributed by atoms with E-state index >= 15 is 0 Å². The van der Waals surface area contributed by atoms with Gasteiger partial charge in [-0.3, -0.25) is 24.2 Å². The number of likely N-dealkylation sites (tertiary alicyclic amines) is 1. The van der Waals surface area contributed by atoms with Crippen molar-refractivity contribution in [3.05, 3.63) is 24.3 Å². The Morgan fingerprint density at radius 2 is 1.78 bits per heavy atom. The summed E-state index contributed by atoms with van der Waals surface area (Å²) in [4.78, 5) is 73.5. The molecule has 11 nitrogen and oxygen atoms in total. The van der Waals surface area contributed by atoms with Crippen molar-refractivity contribution in [1.29, 1.82) is 0 Å². The van der Waals surface area contributed by atoms with Crippen molar-refractivity contribution in [3.8, 4) is 0 Å². The van der Waals surface area contributed by atoms with Crippen molar-refractivity contribution >= 4 is 29.5 Å². The van der Waals surface area contributed by atoms with Gasteiger partial charge in [-0.05, 0) is 24.2 Å². The number of carbonyl (C=O) groups excluding carboxylic acids is 5. The summed E-state index contributed by atoms with van der Waals surface area (Å²) in [6, 6.07) is -2.95. The number of hydrogen-bond donors (Lipinski definition) is 2. The lowest BCUT2D eigenvalue weighted by Gasteiger charge is -2.37. The van der Waals surface area contributed by atoms with Gasteiger partial charge in [0.25, 0.3) is 5.91 Å². The summed E-state index contributed by atoms with van der Waals surface area (Å²) >= 11 is 0. The van der Waals surface area contributed by atoms with Gasteiger partial charge in [-0.1, -0.05) is 40.0 Å². The lowest BCUT2D eigenvalue weighted by atomic mass is 9.82. The SMILES string of the molecule is COC(=O)[C@@H]1CC(=O)CN1C(=O)[C@@H](NC(=O)[C@@H](NC(=O)c1cnccn1)C1CCCCC1)C(C)(C)C. The van der Waals surface area contributed by atoms with Crippen LogP contribution in [0.2, 0.25) is 0 Å². The number of ether oxygens (including phenoxy) is 1. The molecule has 3 amide bonds. The van der Waals surface area contributed by atoms with Crippen LogP contribution in [-0.2, 0) is 23.9 Å². The van der Waals surface area contributed by atoms with Crippen molar-refractivity contribution in [2.75, 3.05) is 13.7 Å². The lowest BCUT2D eigenvalue weighted by Crippen LogP contribution is -2.61. The van der Waals surface area contributed by atoms with E-state index in [0.29, 0.717) is 0 Å². The molecule has 1 saturated heterocycles. The van der Waals surface area contributed by atoms with Crippen molar-refractivity contribution in [3.63, 3.8) is 0 Å². The molecule has 36 heavy (non-hydrogen) atoms. The van der Waals surface area contributed by atoms with Gasteiger partial charge in [0.05, 0.1) is 19.9 Å². The minimum Gasteiger partial charge on any atom is -0.467 e. The van der Waals surface area contributed by atoms with Crippen LogP contribution in [-0.4, -0.2) is 76.1 Å². The summed E-state index contributed by atoms with van der Waals surface area (Å²) in [5.41, 5.74) is -0.656. The molecule has 2 N–H and O–H groups in total. The Labute approximate surface area is 210 Å². The van der Waals surface area contributed by atoms with Gasteiger partial charge >= 0.3 is 5.97 Å². The number of carbonyl (C=O) groups is 5. The molecular weight excluding hydrogens is 466 g/mol. The zero-order chi connectivity index (χ0) is 26.5. The van der Waals surface area contributed by atoms with Crippen LogP contribution < -0.4 is 10.6 Å². The van der Waals surface area contributed by atoms with Gasteiger partial charge in [-0.25, -0.2) is 9.78 Å². The largest absolute Gasteiger partial charge is 0.467 e. The highest BCUT2D eigenvalue weighted by Crippen LogP contribution is 2.29. The van der Waals surface area contributed by atoms with Gasteiger partial charge in [0.2, 0.25) is 11.8 Å². The maximum absolute atomic E-state index is 13.6. The van der Waals surface area contributed by atoms with Gasteiger partial charge in [-0.15, -0.1) is 0 Å². The van der Waals surface area contributed by atoms with Gasteiger partial charge in [0.15, 0.2) is 5.78 Å². The Kier molecular flexibility index (Phi) is 8.75. The van der Waals surface area contributed by atoms with E-state index < -0.39 is 47.2 Å².